The maximum Gasteiger partial charge on any atom is 0.122 e. The van der Waals surface area contributed by atoms with E-state index in [1.54, 1.807) is 0 Å². The van der Waals surface area contributed by atoms with Crippen LogP contribution in [-0.2, 0) is 13.1 Å². The molecule has 0 amide bonds. The number of aryl methyl sites for hydroxylation is 3. The van der Waals surface area contributed by atoms with E-state index < -0.39 is 0 Å². The standard InChI is InChI=1S/C55H62N4S4.CH4/c1-6-9-11-13-14-16-18-39(17-15-12-10-7-2)36-59-56-54-37(4)19-23-44(55(54)57-59)49-29-32-53(63-49)52-31-28-48(62-52)41-22-25-43-42-24-21-40(34-45(42)58(33-8-3)46(43)35-41)47-27-30-51(61-47)50-26-20-38(5)60-50;/h19-32,34-35,39H,6-18,33,36H2,1-5H3;1H4. The molecule has 0 aliphatic carbocycles. The van der Waals surface area contributed by atoms with E-state index in [2.05, 4.69) is 136 Å². The molecule has 1 unspecified atom stereocenters. The Bertz CT molecular complexity index is 2930. The number of aromatic nitrogens is 4. The molecule has 8 heteroatoms. The summed E-state index contributed by atoms with van der Waals surface area (Å²) in [6.07, 6.45) is 17.0. The first kappa shape index (κ1) is 46.2. The lowest BCUT2D eigenvalue weighted by molar-refractivity contribution is 0.327. The first-order chi connectivity index (χ1) is 30.9. The molecule has 6 heterocycles. The molecule has 1 atom stereocenters. The second-order valence-corrected chi connectivity index (χ2v) is 22.2. The number of hydrogen-bond acceptors (Lipinski definition) is 6. The van der Waals surface area contributed by atoms with E-state index in [-0.39, 0.29) is 7.43 Å². The Labute approximate surface area is 398 Å². The highest BCUT2D eigenvalue weighted by atomic mass is 32.1. The molecule has 6 aromatic heterocycles. The summed E-state index contributed by atoms with van der Waals surface area (Å²) >= 11 is 7.53. The van der Waals surface area contributed by atoms with Crippen LogP contribution in [0.5, 0.6) is 0 Å². The number of benzene rings is 3. The van der Waals surface area contributed by atoms with E-state index in [0.29, 0.717) is 5.92 Å². The molecule has 0 saturated carbocycles. The van der Waals surface area contributed by atoms with Crippen molar-refractivity contribution in [2.45, 2.75) is 139 Å². The van der Waals surface area contributed by atoms with Gasteiger partial charge in [0.1, 0.15) is 11.0 Å². The molecule has 0 spiro atoms. The first-order valence-corrected chi connectivity index (χ1v) is 27.0. The number of unbranched alkanes of at least 4 members (excludes halogenated alkanes) is 8. The molecule has 0 radical (unpaired) electrons. The zero-order chi connectivity index (χ0) is 43.3. The van der Waals surface area contributed by atoms with Gasteiger partial charge in [0.05, 0.1) is 6.54 Å². The minimum absolute atomic E-state index is 0. The van der Waals surface area contributed by atoms with Crippen LogP contribution in [-0.4, -0.2) is 19.6 Å². The van der Waals surface area contributed by atoms with Crippen molar-refractivity contribution in [2.24, 2.45) is 5.92 Å². The summed E-state index contributed by atoms with van der Waals surface area (Å²) in [4.78, 5) is 12.6. The van der Waals surface area contributed by atoms with Crippen LogP contribution in [0, 0.1) is 19.8 Å². The van der Waals surface area contributed by atoms with Crippen LogP contribution < -0.4 is 0 Å². The van der Waals surface area contributed by atoms with Crippen LogP contribution in [0.15, 0.2) is 97.1 Å². The highest BCUT2D eigenvalue weighted by molar-refractivity contribution is 7.25. The van der Waals surface area contributed by atoms with Gasteiger partial charge in [-0.3, -0.25) is 0 Å². The van der Waals surface area contributed by atoms with E-state index >= 15 is 0 Å². The van der Waals surface area contributed by atoms with Crippen LogP contribution in [0.1, 0.15) is 122 Å². The lowest BCUT2D eigenvalue weighted by Crippen LogP contribution is -2.13. The van der Waals surface area contributed by atoms with Gasteiger partial charge in [-0.15, -0.1) is 45.3 Å². The van der Waals surface area contributed by atoms with E-state index in [0.717, 1.165) is 30.5 Å². The summed E-state index contributed by atoms with van der Waals surface area (Å²) in [5.74, 6) is 0.634. The summed E-state index contributed by atoms with van der Waals surface area (Å²) in [5.41, 5.74) is 9.69. The smallest absolute Gasteiger partial charge is 0.122 e. The Morgan fingerprint density at radius 3 is 1.56 bits per heavy atom. The van der Waals surface area contributed by atoms with Crippen molar-refractivity contribution in [2.75, 3.05) is 0 Å². The van der Waals surface area contributed by atoms with Gasteiger partial charge in [0.25, 0.3) is 0 Å². The van der Waals surface area contributed by atoms with E-state index in [9.17, 15) is 0 Å². The first-order valence-electron chi connectivity index (χ1n) is 23.7. The van der Waals surface area contributed by atoms with Crippen molar-refractivity contribution < 1.29 is 0 Å². The summed E-state index contributed by atoms with van der Waals surface area (Å²) in [5, 5.41) is 13.0. The molecule has 334 valence electrons. The highest BCUT2D eigenvalue weighted by Crippen LogP contribution is 2.44. The van der Waals surface area contributed by atoms with Crippen LogP contribution >= 0.6 is 45.3 Å². The van der Waals surface area contributed by atoms with Gasteiger partial charge in [-0.2, -0.15) is 15.0 Å². The number of thiophene rings is 4. The molecule has 4 nitrogen and oxygen atoms in total. The van der Waals surface area contributed by atoms with Gasteiger partial charge in [-0.1, -0.05) is 129 Å². The minimum Gasteiger partial charge on any atom is -0.340 e. The Morgan fingerprint density at radius 2 is 0.984 bits per heavy atom. The van der Waals surface area contributed by atoms with Gasteiger partial charge < -0.3 is 4.57 Å². The molecular weight excluding hydrogens is 857 g/mol. The minimum atomic E-state index is 0. The summed E-state index contributed by atoms with van der Waals surface area (Å²) in [6.45, 7) is 13.2. The van der Waals surface area contributed by atoms with E-state index in [1.807, 2.05) is 50.1 Å². The van der Waals surface area contributed by atoms with Crippen molar-refractivity contribution in [3.63, 3.8) is 0 Å². The van der Waals surface area contributed by atoms with Gasteiger partial charge in [0, 0.05) is 72.9 Å². The second kappa shape index (κ2) is 21.3. The zero-order valence-electron chi connectivity index (χ0n) is 37.8. The van der Waals surface area contributed by atoms with Crippen LogP contribution in [0.4, 0.5) is 0 Å². The molecule has 0 fully saturated rings. The third kappa shape index (κ3) is 10.1. The number of rotatable bonds is 21. The number of hydrogen-bond donors (Lipinski definition) is 0. The van der Waals surface area contributed by atoms with Gasteiger partial charge in [-0.05, 0) is 116 Å². The molecule has 0 bridgehead atoms. The van der Waals surface area contributed by atoms with Crippen LogP contribution in [0.3, 0.4) is 0 Å². The Balaban J connectivity index is 0.00000560. The summed E-state index contributed by atoms with van der Waals surface area (Å²) in [7, 11) is 0. The molecule has 9 rings (SSSR count). The largest absolute Gasteiger partial charge is 0.340 e. The molecule has 0 N–H and O–H groups in total. The molecule has 0 saturated heterocycles. The fourth-order valence-corrected chi connectivity index (χ4v) is 13.5. The molecular formula is C56H66N4S4. The van der Waals surface area contributed by atoms with E-state index in [1.165, 1.54) is 160 Å². The third-order valence-electron chi connectivity index (χ3n) is 12.8. The Kier molecular flexibility index (Phi) is 15.4. The van der Waals surface area contributed by atoms with Crippen molar-refractivity contribution in [1.82, 2.24) is 19.6 Å². The monoisotopic (exact) mass is 922 g/mol. The van der Waals surface area contributed by atoms with Gasteiger partial charge in [0.15, 0.2) is 0 Å². The summed E-state index contributed by atoms with van der Waals surface area (Å²) < 4.78 is 2.55. The highest BCUT2D eigenvalue weighted by Gasteiger charge is 2.19. The van der Waals surface area contributed by atoms with Crippen molar-refractivity contribution in [3.05, 3.63) is 108 Å². The predicted octanol–water partition coefficient (Wildman–Crippen LogP) is 19.1. The van der Waals surface area contributed by atoms with Gasteiger partial charge in [-0.25, -0.2) is 0 Å². The Morgan fingerprint density at radius 1 is 0.484 bits per heavy atom. The van der Waals surface area contributed by atoms with Crippen molar-refractivity contribution in [1.29, 1.82) is 0 Å². The lowest BCUT2D eigenvalue weighted by Gasteiger charge is -2.16. The number of fused-ring (bicyclic) bond motifs is 4. The maximum absolute atomic E-state index is 5.24. The average molecular weight is 923 g/mol. The topological polar surface area (TPSA) is 35.6 Å². The van der Waals surface area contributed by atoms with Gasteiger partial charge >= 0.3 is 0 Å². The maximum atomic E-state index is 5.24. The lowest BCUT2D eigenvalue weighted by atomic mass is 9.94. The van der Waals surface area contributed by atoms with Gasteiger partial charge in [0.2, 0.25) is 0 Å². The van der Waals surface area contributed by atoms with Crippen LogP contribution in [0.2, 0.25) is 0 Å². The average Bonchev–Trinajstić information content (AvgIpc) is 4.16. The molecule has 0 aliphatic rings. The predicted molar refractivity (Wildman–Crippen MR) is 286 cm³/mol. The third-order valence-corrected chi connectivity index (χ3v) is 17.6. The Hall–Kier alpha value is -4.34. The molecule has 64 heavy (non-hydrogen) atoms. The fourth-order valence-electron chi connectivity index (χ4n) is 9.37. The van der Waals surface area contributed by atoms with E-state index in [4.69, 9.17) is 10.2 Å². The number of nitrogens with zero attached hydrogens (tertiary/aromatic N) is 4. The summed E-state index contributed by atoms with van der Waals surface area (Å²) in [6, 6.07) is 37.0. The quantitative estimate of drug-likeness (QED) is 0.0673. The molecule has 3 aromatic carbocycles. The van der Waals surface area contributed by atoms with Crippen molar-refractivity contribution in [3.8, 4) is 50.8 Å². The van der Waals surface area contributed by atoms with Crippen molar-refractivity contribution >= 4 is 78.2 Å². The SMILES string of the molecule is C.CCCCCCCCC(CCCCCC)Cn1nc2c(C)ccc(-c3ccc(-c4ccc(-c5ccc6c7ccc(-c8ccc(-c9ccc(C)s9)s8)cc7n(CCC)c6c5)s4)s3)c2n1. The zero-order valence-corrected chi connectivity index (χ0v) is 41.1. The molecule has 0 aliphatic heterocycles. The normalized spacial score (nSPS) is 12.3. The second-order valence-electron chi connectivity index (χ2n) is 17.7. The molecule has 9 aromatic rings. The fraction of sp³-hybridized carbons (Fsp3) is 0.393. The van der Waals surface area contributed by atoms with Crippen LogP contribution in [0.25, 0.3) is 83.7 Å².